The van der Waals surface area contributed by atoms with Crippen molar-refractivity contribution in [3.05, 3.63) is 81.8 Å². The molecule has 1 heterocycles. The summed E-state index contributed by atoms with van der Waals surface area (Å²) >= 11 is 0. The zero-order valence-corrected chi connectivity index (χ0v) is 19.2. The lowest BCUT2D eigenvalue weighted by Crippen LogP contribution is -2.54. The number of allylic oxidation sites excluding steroid dienone is 1. The second kappa shape index (κ2) is 15.0. The molecule has 0 aliphatic carbocycles. The van der Waals surface area contributed by atoms with Crippen LogP contribution in [0, 0.1) is 0 Å². The first-order valence-electron chi connectivity index (χ1n) is 10.7. The summed E-state index contributed by atoms with van der Waals surface area (Å²) in [6.07, 6.45) is 4.82. The summed E-state index contributed by atoms with van der Waals surface area (Å²) in [5.74, 6) is -0.822. The molecule has 0 saturated heterocycles. The van der Waals surface area contributed by atoms with Crippen molar-refractivity contribution in [1.82, 2.24) is 13.7 Å². The molecular weight excluding hydrogens is 446 g/mol. The predicted octanol–water partition coefficient (Wildman–Crippen LogP) is 0.907. The molecule has 34 heavy (non-hydrogen) atoms. The SMILES string of the molecule is C=CC(=C)OCCCCn1c(=O)n(CCCOC(=O)C=C)c(=O)n(CCCOC(=O)C=C)c1=O. The molecule has 0 radical (unpaired) electrons. The zero-order chi connectivity index (χ0) is 25.5. The Labute approximate surface area is 196 Å². The Bertz CT molecular complexity index is 1010. The summed E-state index contributed by atoms with van der Waals surface area (Å²) < 4.78 is 17.9. The van der Waals surface area contributed by atoms with Gasteiger partial charge in [-0.25, -0.2) is 37.7 Å². The lowest BCUT2D eigenvalue weighted by molar-refractivity contribution is -0.138. The number of carbonyl (C=O) groups is 2. The normalized spacial score (nSPS) is 10.2. The van der Waals surface area contributed by atoms with Crippen LogP contribution in [0.1, 0.15) is 25.7 Å². The Morgan fingerprint density at radius 2 is 1.00 bits per heavy atom. The number of rotatable bonds is 17. The Morgan fingerprint density at radius 1 is 0.618 bits per heavy atom. The molecule has 0 fully saturated rings. The maximum atomic E-state index is 12.9. The molecule has 0 N–H and O–H groups in total. The minimum atomic E-state index is -0.790. The number of hydrogen-bond acceptors (Lipinski definition) is 8. The Hall–Kier alpha value is -3.89. The Balaban J connectivity index is 3.04. The number of hydrogen-bond donors (Lipinski definition) is 0. The average molecular weight is 478 g/mol. The highest BCUT2D eigenvalue weighted by atomic mass is 16.5. The van der Waals surface area contributed by atoms with Gasteiger partial charge >= 0.3 is 29.0 Å². The fourth-order valence-corrected chi connectivity index (χ4v) is 2.80. The average Bonchev–Trinajstić information content (AvgIpc) is 2.83. The van der Waals surface area contributed by atoms with E-state index in [0.29, 0.717) is 25.2 Å². The van der Waals surface area contributed by atoms with E-state index in [1.54, 1.807) is 0 Å². The standard InChI is InChI=1S/C23H31N3O8/c1-5-18(4)32-15-9-8-12-24-21(29)25(13-10-16-33-19(27)6-2)23(31)26(22(24)30)14-11-17-34-20(28)7-3/h5-7H,1-4,8-17H2. The van der Waals surface area contributed by atoms with E-state index in [-0.39, 0.29) is 45.7 Å². The van der Waals surface area contributed by atoms with E-state index in [9.17, 15) is 24.0 Å². The van der Waals surface area contributed by atoms with Crippen LogP contribution in [-0.2, 0) is 43.4 Å². The molecule has 1 aromatic heterocycles. The van der Waals surface area contributed by atoms with Gasteiger partial charge < -0.3 is 14.2 Å². The van der Waals surface area contributed by atoms with Gasteiger partial charge in [0.25, 0.3) is 0 Å². The maximum Gasteiger partial charge on any atom is 0.336 e. The van der Waals surface area contributed by atoms with Gasteiger partial charge in [0.05, 0.1) is 19.8 Å². The van der Waals surface area contributed by atoms with E-state index in [1.807, 2.05) is 0 Å². The summed E-state index contributed by atoms with van der Waals surface area (Å²) in [6, 6.07) is 0. The first kappa shape index (κ1) is 28.1. The number of unbranched alkanes of at least 4 members (excludes halogenated alkanes) is 1. The number of carbonyl (C=O) groups excluding carboxylic acids is 2. The minimum absolute atomic E-state index is 0.0299. The van der Waals surface area contributed by atoms with Crippen molar-refractivity contribution in [3.8, 4) is 0 Å². The lowest BCUT2D eigenvalue weighted by atomic mass is 10.3. The van der Waals surface area contributed by atoms with Crippen LogP contribution < -0.4 is 17.1 Å². The fraction of sp³-hybridized carbons (Fsp3) is 0.435. The van der Waals surface area contributed by atoms with Gasteiger partial charge in [-0.2, -0.15) is 0 Å². The van der Waals surface area contributed by atoms with Crippen LogP contribution in [0.25, 0.3) is 0 Å². The Morgan fingerprint density at radius 3 is 1.38 bits per heavy atom. The molecule has 0 unspecified atom stereocenters. The van der Waals surface area contributed by atoms with Crippen molar-refractivity contribution >= 4 is 11.9 Å². The van der Waals surface area contributed by atoms with Gasteiger partial charge in [0, 0.05) is 31.8 Å². The highest BCUT2D eigenvalue weighted by Crippen LogP contribution is 1.99. The van der Waals surface area contributed by atoms with Crippen molar-refractivity contribution < 1.29 is 23.8 Å². The molecule has 0 saturated carbocycles. The third kappa shape index (κ3) is 8.93. The van der Waals surface area contributed by atoms with E-state index in [4.69, 9.17) is 14.2 Å². The molecule has 11 heteroatoms. The van der Waals surface area contributed by atoms with E-state index in [2.05, 4.69) is 26.3 Å². The van der Waals surface area contributed by atoms with Crippen LogP contribution in [0.4, 0.5) is 0 Å². The van der Waals surface area contributed by atoms with E-state index >= 15 is 0 Å². The van der Waals surface area contributed by atoms with Crippen molar-refractivity contribution in [2.24, 2.45) is 0 Å². The second-order valence-electron chi connectivity index (χ2n) is 6.98. The van der Waals surface area contributed by atoms with Crippen molar-refractivity contribution in [2.45, 2.75) is 45.3 Å². The van der Waals surface area contributed by atoms with Gasteiger partial charge in [-0.1, -0.05) is 26.3 Å². The summed E-state index contributed by atoms with van der Waals surface area (Å²) in [5.41, 5.74) is -2.30. The van der Waals surface area contributed by atoms with Gasteiger partial charge in [-0.3, -0.25) is 0 Å². The first-order chi connectivity index (χ1) is 16.3. The van der Waals surface area contributed by atoms with Crippen LogP contribution in [0.15, 0.2) is 64.7 Å². The quantitative estimate of drug-likeness (QED) is 0.106. The van der Waals surface area contributed by atoms with Crippen LogP contribution in [-0.4, -0.2) is 45.5 Å². The van der Waals surface area contributed by atoms with Gasteiger partial charge in [0.15, 0.2) is 0 Å². The van der Waals surface area contributed by atoms with E-state index < -0.39 is 29.0 Å². The molecule has 1 rings (SSSR count). The lowest BCUT2D eigenvalue weighted by Gasteiger charge is -2.14. The van der Waals surface area contributed by atoms with Gasteiger partial charge in [0.2, 0.25) is 0 Å². The van der Waals surface area contributed by atoms with Crippen molar-refractivity contribution in [3.63, 3.8) is 0 Å². The Kier molecular flexibility index (Phi) is 12.4. The number of nitrogens with zero attached hydrogens (tertiary/aromatic N) is 3. The van der Waals surface area contributed by atoms with Crippen molar-refractivity contribution in [2.75, 3.05) is 19.8 Å². The van der Waals surface area contributed by atoms with Crippen LogP contribution in [0.5, 0.6) is 0 Å². The number of esters is 2. The topological polar surface area (TPSA) is 128 Å². The molecule has 0 spiro atoms. The summed E-state index contributed by atoms with van der Waals surface area (Å²) in [6.45, 7) is 14.0. The smallest absolute Gasteiger partial charge is 0.336 e. The molecule has 186 valence electrons. The summed E-state index contributed by atoms with van der Waals surface area (Å²) in [7, 11) is 0. The number of ether oxygens (including phenoxy) is 3. The van der Waals surface area contributed by atoms with E-state index in [1.165, 1.54) is 6.08 Å². The largest absolute Gasteiger partial charge is 0.494 e. The summed E-state index contributed by atoms with van der Waals surface area (Å²) in [4.78, 5) is 60.9. The third-order valence-electron chi connectivity index (χ3n) is 4.55. The molecule has 1 aromatic rings. The minimum Gasteiger partial charge on any atom is -0.494 e. The zero-order valence-electron chi connectivity index (χ0n) is 19.2. The van der Waals surface area contributed by atoms with Gasteiger partial charge in [0.1, 0.15) is 5.76 Å². The van der Waals surface area contributed by atoms with Crippen LogP contribution >= 0.6 is 0 Å². The highest BCUT2D eigenvalue weighted by molar-refractivity contribution is 5.81. The first-order valence-corrected chi connectivity index (χ1v) is 10.7. The van der Waals surface area contributed by atoms with Crippen LogP contribution in [0.2, 0.25) is 0 Å². The monoisotopic (exact) mass is 477 g/mol. The maximum absolute atomic E-state index is 12.9. The molecule has 0 aliphatic rings. The molecule has 0 atom stereocenters. The third-order valence-corrected chi connectivity index (χ3v) is 4.55. The van der Waals surface area contributed by atoms with Gasteiger partial charge in [-0.15, -0.1) is 0 Å². The highest BCUT2D eigenvalue weighted by Gasteiger charge is 2.15. The molecule has 0 aromatic carbocycles. The van der Waals surface area contributed by atoms with E-state index in [0.717, 1.165) is 25.9 Å². The molecule has 0 aliphatic heterocycles. The van der Waals surface area contributed by atoms with Crippen molar-refractivity contribution in [1.29, 1.82) is 0 Å². The second-order valence-corrected chi connectivity index (χ2v) is 6.98. The predicted molar refractivity (Wildman–Crippen MR) is 125 cm³/mol. The molecule has 11 nitrogen and oxygen atoms in total. The molecule has 0 amide bonds. The molecular formula is C23H31N3O8. The fourth-order valence-electron chi connectivity index (χ4n) is 2.80. The van der Waals surface area contributed by atoms with Crippen LogP contribution in [0.3, 0.4) is 0 Å². The molecule has 0 bridgehead atoms. The summed E-state index contributed by atoms with van der Waals surface area (Å²) in [5, 5.41) is 0. The number of aromatic nitrogens is 3. The van der Waals surface area contributed by atoms with Gasteiger partial charge in [-0.05, 0) is 31.8 Å².